The maximum atomic E-state index is 12.1. The molecule has 0 saturated heterocycles. The lowest BCUT2D eigenvalue weighted by Gasteiger charge is -2.27. The summed E-state index contributed by atoms with van der Waals surface area (Å²) >= 11 is 4.48. The number of hydrogen-bond donors (Lipinski definition) is 1. The molecule has 2 rings (SSSR count). The van der Waals surface area contributed by atoms with Crippen LogP contribution in [-0.4, -0.2) is 40.7 Å². The molecule has 0 aliphatic heterocycles. The number of rotatable bonds is 8. The van der Waals surface area contributed by atoms with E-state index >= 15 is 0 Å². The minimum absolute atomic E-state index is 0.0372. The summed E-state index contributed by atoms with van der Waals surface area (Å²) in [5, 5.41) is 11.0. The van der Waals surface area contributed by atoms with E-state index in [-0.39, 0.29) is 5.91 Å². The number of amides is 1. The molecule has 130 valence electrons. The van der Waals surface area contributed by atoms with E-state index in [9.17, 15) is 4.79 Å². The Kier molecular flexibility index (Phi) is 7.39. The molecule has 2 aromatic rings. The molecule has 1 heterocycles. The zero-order valence-electron chi connectivity index (χ0n) is 14.3. The molecule has 1 aromatic carbocycles. The highest BCUT2D eigenvalue weighted by molar-refractivity contribution is 8.03. The van der Waals surface area contributed by atoms with E-state index in [1.165, 1.54) is 28.8 Å². The molecule has 0 bridgehead atoms. The fourth-order valence-corrected chi connectivity index (χ4v) is 4.48. The summed E-state index contributed by atoms with van der Waals surface area (Å²) in [5.41, 5.74) is 1.98. The maximum Gasteiger partial charge on any atom is 0.234 e. The number of carbonyl (C=O) groups is 1. The molecule has 0 spiro atoms. The number of nitrogens with zero attached hydrogens (tertiary/aromatic N) is 3. The number of anilines is 2. The lowest BCUT2D eigenvalue weighted by molar-refractivity contribution is -0.113. The maximum absolute atomic E-state index is 12.1. The number of thioether (sulfide) groups is 2. The quantitative estimate of drug-likeness (QED) is 0.690. The van der Waals surface area contributed by atoms with Crippen LogP contribution < -0.4 is 10.2 Å². The first-order chi connectivity index (χ1) is 11.5. The number of nitrogens with one attached hydrogen (secondary N) is 1. The van der Waals surface area contributed by atoms with Crippen molar-refractivity contribution < 1.29 is 4.79 Å². The van der Waals surface area contributed by atoms with E-state index in [0.717, 1.165) is 20.9 Å². The van der Waals surface area contributed by atoms with Crippen molar-refractivity contribution in [2.45, 2.75) is 35.5 Å². The lowest BCUT2D eigenvalue weighted by atomic mass is 10.2. The first-order valence-electron chi connectivity index (χ1n) is 7.70. The highest BCUT2D eigenvalue weighted by Gasteiger charge is 2.10. The molecule has 0 aliphatic carbocycles. The molecule has 1 aromatic heterocycles. The molecule has 1 amide bonds. The summed E-state index contributed by atoms with van der Waals surface area (Å²) in [4.78, 5) is 14.4. The number of benzene rings is 1. The van der Waals surface area contributed by atoms with Crippen molar-refractivity contribution in [2.75, 3.05) is 28.8 Å². The molecule has 0 radical (unpaired) electrons. The SMILES string of the molecule is CCN(c1ccc(NC(=O)CSc2nnc(SC)s2)cc1)C(C)C. The summed E-state index contributed by atoms with van der Waals surface area (Å²) in [5.74, 6) is 0.294. The lowest BCUT2D eigenvalue weighted by Crippen LogP contribution is -2.30. The van der Waals surface area contributed by atoms with Crippen molar-refractivity contribution in [3.05, 3.63) is 24.3 Å². The van der Waals surface area contributed by atoms with Crippen LogP contribution in [0, 0.1) is 0 Å². The van der Waals surface area contributed by atoms with Gasteiger partial charge in [-0.25, -0.2) is 0 Å². The Morgan fingerprint density at radius 3 is 2.46 bits per heavy atom. The van der Waals surface area contributed by atoms with Gasteiger partial charge in [0.05, 0.1) is 5.75 Å². The first-order valence-corrected chi connectivity index (χ1v) is 10.7. The molecule has 1 N–H and O–H groups in total. The van der Waals surface area contributed by atoms with Crippen LogP contribution in [0.25, 0.3) is 0 Å². The van der Waals surface area contributed by atoms with Crippen molar-refractivity contribution in [3.8, 4) is 0 Å². The van der Waals surface area contributed by atoms with E-state index in [2.05, 4.69) is 41.2 Å². The summed E-state index contributed by atoms with van der Waals surface area (Å²) in [6.07, 6.45) is 1.96. The molecule has 24 heavy (non-hydrogen) atoms. The van der Waals surface area contributed by atoms with Crippen LogP contribution in [0.2, 0.25) is 0 Å². The van der Waals surface area contributed by atoms with Gasteiger partial charge in [-0.05, 0) is 51.3 Å². The predicted octanol–water partition coefficient (Wildman–Crippen LogP) is 4.23. The van der Waals surface area contributed by atoms with E-state index in [1.807, 2.05) is 30.5 Å². The van der Waals surface area contributed by atoms with Gasteiger partial charge in [-0.3, -0.25) is 4.79 Å². The highest BCUT2D eigenvalue weighted by atomic mass is 32.2. The number of hydrogen-bond acceptors (Lipinski definition) is 7. The van der Waals surface area contributed by atoms with Crippen molar-refractivity contribution in [1.82, 2.24) is 10.2 Å². The standard InChI is InChI=1S/C16H22N4OS3/c1-5-20(11(2)3)13-8-6-12(7-9-13)17-14(21)10-23-16-19-18-15(22-4)24-16/h6-9,11H,5,10H2,1-4H3,(H,17,21). The molecule has 0 atom stereocenters. The Morgan fingerprint density at radius 1 is 1.25 bits per heavy atom. The topological polar surface area (TPSA) is 58.1 Å². The van der Waals surface area contributed by atoms with E-state index in [1.54, 1.807) is 11.8 Å². The Hall–Kier alpha value is -1.25. The van der Waals surface area contributed by atoms with Crippen LogP contribution >= 0.6 is 34.9 Å². The summed E-state index contributed by atoms with van der Waals surface area (Å²) in [6, 6.07) is 8.42. The average molecular weight is 383 g/mol. The normalized spacial score (nSPS) is 10.9. The Balaban J connectivity index is 1.87. The average Bonchev–Trinajstić information content (AvgIpc) is 3.03. The first kappa shape index (κ1) is 19.1. The highest BCUT2D eigenvalue weighted by Crippen LogP contribution is 2.27. The van der Waals surface area contributed by atoms with Gasteiger partial charge in [0.1, 0.15) is 0 Å². The molecule has 8 heteroatoms. The predicted molar refractivity (Wildman–Crippen MR) is 106 cm³/mol. The zero-order chi connectivity index (χ0) is 17.5. The largest absolute Gasteiger partial charge is 0.369 e. The van der Waals surface area contributed by atoms with Gasteiger partial charge in [0.15, 0.2) is 8.68 Å². The van der Waals surface area contributed by atoms with Crippen molar-refractivity contribution in [3.63, 3.8) is 0 Å². The van der Waals surface area contributed by atoms with E-state index < -0.39 is 0 Å². The molecule has 0 saturated carbocycles. The fraction of sp³-hybridized carbons (Fsp3) is 0.438. The smallest absolute Gasteiger partial charge is 0.234 e. The van der Waals surface area contributed by atoms with Crippen molar-refractivity contribution in [2.24, 2.45) is 0 Å². The van der Waals surface area contributed by atoms with Crippen molar-refractivity contribution in [1.29, 1.82) is 0 Å². The Morgan fingerprint density at radius 2 is 1.92 bits per heavy atom. The molecular weight excluding hydrogens is 360 g/mol. The molecule has 5 nitrogen and oxygen atoms in total. The second-order valence-electron chi connectivity index (χ2n) is 5.30. The zero-order valence-corrected chi connectivity index (χ0v) is 16.7. The van der Waals surface area contributed by atoms with Gasteiger partial charge >= 0.3 is 0 Å². The number of carbonyl (C=O) groups excluding carboxylic acids is 1. The number of aromatic nitrogens is 2. The van der Waals surface area contributed by atoms with Gasteiger partial charge in [0, 0.05) is 24.0 Å². The third kappa shape index (κ3) is 5.39. The molecule has 0 unspecified atom stereocenters. The van der Waals surface area contributed by atoms with Gasteiger partial charge in [0.2, 0.25) is 5.91 Å². The minimum Gasteiger partial charge on any atom is -0.369 e. The summed E-state index contributed by atoms with van der Waals surface area (Å²) < 4.78 is 1.74. The fourth-order valence-electron chi connectivity index (χ4n) is 2.24. The van der Waals surface area contributed by atoms with Crippen LogP contribution in [-0.2, 0) is 4.79 Å². The van der Waals surface area contributed by atoms with Crippen LogP contribution in [0.1, 0.15) is 20.8 Å². The van der Waals surface area contributed by atoms with Crippen LogP contribution in [0.5, 0.6) is 0 Å². The van der Waals surface area contributed by atoms with Gasteiger partial charge in [-0.15, -0.1) is 10.2 Å². The van der Waals surface area contributed by atoms with Crippen molar-refractivity contribution >= 4 is 52.1 Å². The Bertz CT molecular complexity index is 658. The van der Waals surface area contributed by atoms with Crippen LogP contribution in [0.3, 0.4) is 0 Å². The van der Waals surface area contributed by atoms with Gasteiger partial charge in [0.25, 0.3) is 0 Å². The summed E-state index contributed by atoms with van der Waals surface area (Å²) in [7, 11) is 0. The molecular formula is C16H22N4OS3. The van der Waals surface area contributed by atoms with E-state index in [0.29, 0.717) is 11.8 Å². The minimum atomic E-state index is -0.0372. The van der Waals surface area contributed by atoms with E-state index in [4.69, 9.17) is 0 Å². The second-order valence-corrected chi connectivity index (χ2v) is 8.55. The van der Waals surface area contributed by atoms with Crippen LogP contribution in [0.15, 0.2) is 32.9 Å². The van der Waals surface area contributed by atoms with Gasteiger partial charge in [-0.2, -0.15) is 0 Å². The monoisotopic (exact) mass is 382 g/mol. The third-order valence-corrected chi connectivity index (χ3v) is 6.37. The second kappa shape index (κ2) is 9.29. The van der Waals surface area contributed by atoms with Crippen LogP contribution in [0.4, 0.5) is 11.4 Å². The Labute approximate surface area is 155 Å². The summed E-state index contributed by atoms with van der Waals surface area (Å²) in [6.45, 7) is 7.45. The third-order valence-electron chi connectivity index (χ3n) is 3.34. The van der Waals surface area contributed by atoms with Gasteiger partial charge in [-0.1, -0.05) is 34.9 Å². The molecule has 0 aliphatic rings. The molecule has 0 fully saturated rings. The van der Waals surface area contributed by atoms with Gasteiger partial charge < -0.3 is 10.2 Å².